The Kier molecular flexibility index (Phi) is 5.23. The van der Waals surface area contributed by atoms with Gasteiger partial charge in [0.2, 0.25) is 0 Å². The van der Waals surface area contributed by atoms with Gasteiger partial charge in [0.1, 0.15) is 5.82 Å². The lowest BCUT2D eigenvalue weighted by atomic mass is 9.95. The lowest BCUT2D eigenvalue weighted by Crippen LogP contribution is -2.32. The third-order valence-electron chi connectivity index (χ3n) is 2.94. The van der Waals surface area contributed by atoms with Gasteiger partial charge >= 0.3 is 0 Å². The summed E-state index contributed by atoms with van der Waals surface area (Å²) in [6, 6.07) is 5.05. The molecule has 1 nitrogen and oxygen atoms in total. The van der Waals surface area contributed by atoms with Gasteiger partial charge in [-0.1, -0.05) is 31.5 Å². The Balaban J connectivity index is 2.65. The number of nitrogens with one attached hydrogen (secondary N) is 1. The van der Waals surface area contributed by atoms with Crippen LogP contribution < -0.4 is 5.32 Å². The smallest absolute Gasteiger partial charge is 0.124 e. The second kappa shape index (κ2) is 6.21. The number of rotatable bonds is 5. The molecule has 16 heavy (non-hydrogen) atoms. The van der Waals surface area contributed by atoms with Gasteiger partial charge < -0.3 is 5.32 Å². The van der Waals surface area contributed by atoms with Crippen LogP contribution >= 0.6 is 11.6 Å². The summed E-state index contributed by atoms with van der Waals surface area (Å²) in [5.41, 5.74) is 1.01. The van der Waals surface area contributed by atoms with Crippen molar-refractivity contribution in [2.75, 3.05) is 6.54 Å². The van der Waals surface area contributed by atoms with Gasteiger partial charge in [-0.25, -0.2) is 4.39 Å². The molecule has 1 aromatic rings. The molecule has 0 bridgehead atoms. The van der Waals surface area contributed by atoms with Gasteiger partial charge in [-0.05, 0) is 43.5 Å². The van der Waals surface area contributed by atoms with E-state index < -0.39 is 0 Å². The fourth-order valence-electron chi connectivity index (χ4n) is 1.73. The van der Waals surface area contributed by atoms with Crippen molar-refractivity contribution < 1.29 is 4.39 Å². The van der Waals surface area contributed by atoms with Gasteiger partial charge in [0.05, 0.1) is 0 Å². The van der Waals surface area contributed by atoms with Gasteiger partial charge in [-0.2, -0.15) is 0 Å². The van der Waals surface area contributed by atoms with Crippen LogP contribution in [0.25, 0.3) is 0 Å². The Hall–Kier alpha value is -0.600. The summed E-state index contributed by atoms with van der Waals surface area (Å²) in [4.78, 5) is 0. The number of benzene rings is 1. The highest BCUT2D eigenvalue weighted by atomic mass is 35.5. The van der Waals surface area contributed by atoms with Crippen LogP contribution in [0.4, 0.5) is 4.39 Å². The SMILES string of the molecule is CCNC(C)C(C)Cc1ccc(F)cc1Cl. The van der Waals surface area contributed by atoms with E-state index in [-0.39, 0.29) is 5.82 Å². The highest BCUT2D eigenvalue weighted by Gasteiger charge is 2.13. The topological polar surface area (TPSA) is 12.0 Å². The summed E-state index contributed by atoms with van der Waals surface area (Å²) in [7, 11) is 0. The molecule has 0 saturated carbocycles. The van der Waals surface area contributed by atoms with Crippen molar-refractivity contribution in [2.24, 2.45) is 5.92 Å². The highest BCUT2D eigenvalue weighted by Crippen LogP contribution is 2.21. The van der Waals surface area contributed by atoms with E-state index in [0.29, 0.717) is 17.0 Å². The first kappa shape index (κ1) is 13.5. The van der Waals surface area contributed by atoms with Crippen molar-refractivity contribution in [3.63, 3.8) is 0 Å². The molecule has 0 radical (unpaired) electrons. The van der Waals surface area contributed by atoms with Crippen LogP contribution in [0.5, 0.6) is 0 Å². The average molecular weight is 244 g/mol. The molecule has 0 spiro atoms. The second-order valence-corrected chi connectivity index (χ2v) is 4.67. The lowest BCUT2D eigenvalue weighted by Gasteiger charge is -2.21. The molecule has 2 unspecified atom stereocenters. The van der Waals surface area contributed by atoms with E-state index in [9.17, 15) is 4.39 Å². The molecule has 0 aliphatic carbocycles. The second-order valence-electron chi connectivity index (χ2n) is 4.26. The van der Waals surface area contributed by atoms with Gasteiger partial charge in [-0.3, -0.25) is 0 Å². The molecule has 0 amide bonds. The summed E-state index contributed by atoms with van der Waals surface area (Å²) < 4.78 is 12.9. The predicted octanol–water partition coefficient (Wildman–Crippen LogP) is 3.66. The van der Waals surface area contributed by atoms with E-state index in [4.69, 9.17) is 11.6 Å². The molecular formula is C13H19ClFN. The summed E-state index contributed by atoms with van der Waals surface area (Å²) in [5, 5.41) is 3.90. The van der Waals surface area contributed by atoms with Gasteiger partial charge in [0.25, 0.3) is 0 Å². The van der Waals surface area contributed by atoms with Crippen molar-refractivity contribution in [3.05, 3.63) is 34.6 Å². The van der Waals surface area contributed by atoms with Crippen LogP contribution in [-0.4, -0.2) is 12.6 Å². The Bertz CT molecular complexity index is 341. The molecule has 0 aromatic heterocycles. The third kappa shape index (κ3) is 3.76. The first-order chi connectivity index (χ1) is 7.54. The monoisotopic (exact) mass is 243 g/mol. The van der Waals surface area contributed by atoms with Crippen LogP contribution in [0.1, 0.15) is 26.3 Å². The Morgan fingerprint density at radius 1 is 1.38 bits per heavy atom. The molecule has 0 aliphatic rings. The molecule has 0 saturated heterocycles. The van der Waals surface area contributed by atoms with Crippen LogP contribution in [0.2, 0.25) is 5.02 Å². The molecular weight excluding hydrogens is 225 g/mol. The number of halogens is 2. The van der Waals surface area contributed by atoms with Gasteiger partial charge in [0, 0.05) is 11.1 Å². The maximum atomic E-state index is 12.9. The van der Waals surface area contributed by atoms with E-state index in [1.165, 1.54) is 12.1 Å². The van der Waals surface area contributed by atoms with Crippen molar-refractivity contribution in [2.45, 2.75) is 33.2 Å². The minimum absolute atomic E-state index is 0.277. The predicted molar refractivity (Wildman–Crippen MR) is 67.4 cm³/mol. The normalized spacial score (nSPS) is 14.8. The minimum Gasteiger partial charge on any atom is -0.314 e. The van der Waals surface area contributed by atoms with Crippen molar-refractivity contribution >= 4 is 11.6 Å². The van der Waals surface area contributed by atoms with Gasteiger partial charge in [0.15, 0.2) is 0 Å². The highest BCUT2D eigenvalue weighted by molar-refractivity contribution is 6.31. The fourth-order valence-corrected chi connectivity index (χ4v) is 1.98. The molecule has 2 atom stereocenters. The zero-order valence-corrected chi connectivity index (χ0v) is 10.8. The van der Waals surface area contributed by atoms with Crippen LogP contribution in [-0.2, 0) is 6.42 Å². The molecule has 0 heterocycles. The van der Waals surface area contributed by atoms with E-state index in [1.807, 2.05) is 0 Å². The van der Waals surface area contributed by atoms with Crippen molar-refractivity contribution in [1.82, 2.24) is 5.32 Å². The fraction of sp³-hybridized carbons (Fsp3) is 0.538. The zero-order chi connectivity index (χ0) is 12.1. The van der Waals surface area contributed by atoms with Crippen molar-refractivity contribution in [1.29, 1.82) is 0 Å². The molecule has 3 heteroatoms. The summed E-state index contributed by atoms with van der Waals surface area (Å²) >= 11 is 5.99. The van der Waals surface area contributed by atoms with Crippen molar-refractivity contribution in [3.8, 4) is 0 Å². The van der Waals surface area contributed by atoms with E-state index in [0.717, 1.165) is 18.5 Å². The molecule has 0 fully saturated rings. The van der Waals surface area contributed by atoms with Crippen LogP contribution in [0, 0.1) is 11.7 Å². The Labute approximate surface area is 102 Å². The maximum Gasteiger partial charge on any atom is 0.124 e. The number of hydrogen-bond acceptors (Lipinski definition) is 1. The standard InChI is InChI=1S/C13H19ClFN/c1-4-16-10(3)9(2)7-11-5-6-12(15)8-13(11)14/h5-6,8-10,16H,4,7H2,1-3H3. The molecule has 90 valence electrons. The van der Waals surface area contributed by atoms with Crippen LogP contribution in [0.3, 0.4) is 0 Å². The molecule has 1 rings (SSSR count). The average Bonchev–Trinajstić information content (AvgIpc) is 2.22. The summed E-state index contributed by atoms with van der Waals surface area (Å²) in [6.45, 7) is 7.38. The Morgan fingerprint density at radius 2 is 2.06 bits per heavy atom. The van der Waals surface area contributed by atoms with E-state index >= 15 is 0 Å². The quantitative estimate of drug-likeness (QED) is 0.832. The first-order valence-electron chi connectivity index (χ1n) is 5.72. The van der Waals surface area contributed by atoms with Crippen LogP contribution in [0.15, 0.2) is 18.2 Å². The molecule has 1 N–H and O–H groups in total. The summed E-state index contributed by atoms with van der Waals surface area (Å²) in [6.07, 6.45) is 0.868. The minimum atomic E-state index is -0.277. The first-order valence-corrected chi connectivity index (χ1v) is 6.09. The van der Waals surface area contributed by atoms with E-state index in [1.54, 1.807) is 6.07 Å². The molecule has 1 aromatic carbocycles. The van der Waals surface area contributed by atoms with E-state index in [2.05, 4.69) is 26.1 Å². The number of hydrogen-bond donors (Lipinski definition) is 1. The summed E-state index contributed by atoms with van der Waals surface area (Å²) in [5.74, 6) is 0.198. The maximum absolute atomic E-state index is 12.9. The lowest BCUT2D eigenvalue weighted by molar-refractivity contribution is 0.406. The third-order valence-corrected chi connectivity index (χ3v) is 3.29. The largest absolute Gasteiger partial charge is 0.314 e. The molecule has 0 aliphatic heterocycles. The van der Waals surface area contributed by atoms with Gasteiger partial charge in [-0.15, -0.1) is 0 Å². The Morgan fingerprint density at radius 3 is 2.62 bits per heavy atom. The zero-order valence-electron chi connectivity index (χ0n) is 10.1.